The quantitative estimate of drug-likeness (QED) is 0.249. The van der Waals surface area contributed by atoms with Crippen LogP contribution < -0.4 is 5.32 Å². The zero-order chi connectivity index (χ0) is 33.2. The van der Waals surface area contributed by atoms with Gasteiger partial charge in [0.25, 0.3) is 5.91 Å². The van der Waals surface area contributed by atoms with Gasteiger partial charge in [-0.15, -0.1) is 11.3 Å². The van der Waals surface area contributed by atoms with Crippen molar-refractivity contribution in [3.63, 3.8) is 0 Å². The number of nitrogens with one attached hydrogen (secondary N) is 1. The van der Waals surface area contributed by atoms with E-state index >= 15 is 0 Å². The molecule has 10 nitrogen and oxygen atoms in total. The second-order valence-corrected chi connectivity index (χ2v) is 14.5. The van der Waals surface area contributed by atoms with Crippen LogP contribution in [0.1, 0.15) is 66.4 Å². The fourth-order valence-electron chi connectivity index (χ4n) is 6.26. The van der Waals surface area contributed by atoms with Gasteiger partial charge in [0.05, 0.1) is 18.0 Å². The zero-order valence-corrected chi connectivity index (χ0v) is 27.3. The van der Waals surface area contributed by atoms with Crippen molar-refractivity contribution in [3.8, 4) is 0 Å². The van der Waals surface area contributed by atoms with E-state index in [2.05, 4.69) is 5.32 Å². The number of amides is 3. The number of hydrogen-bond donors (Lipinski definition) is 3. The highest BCUT2D eigenvalue weighted by Crippen LogP contribution is 2.59. The predicted octanol–water partition coefficient (Wildman–Crippen LogP) is 5.25. The Labute approximate surface area is 269 Å². The highest BCUT2D eigenvalue weighted by Gasteiger charge is 2.50. The van der Waals surface area contributed by atoms with Gasteiger partial charge in [-0.3, -0.25) is 18.9 Å². The van der Waals surface area contributed by atoms with E-state index in [1.807, 2.05) is 44.2 Å². The molecule has 0 radical (unpaired) electrons. The van der Waals surface area contributed by atoms with Gasteiger partial charge in [-0.05, 0) is 47.9 Å². The number of carbonyl (C=O) groups is 3. The first kappa shape index (κ1) is 34.1. The van der Waals surface area contributed by atoms with Crippen LogP contribution in [0.15, 0.2) is 54.6 Å². The largest absolute Gasteiger partial charge is 0.399 e. The van der Waals surface area contributed by atoms with E-state index in [9.17, 15) is 27.7 Å². The van der Waals surface area contributed by atoms with Crippen LogP contribution in [0.4, 0.5) is 8.78 Å². The van der Waals surface area contributed by atoms with Gasteiger partial charge >= 0.3 is 13.3 Å². The Morgan fingerprint density at radius 1 is 1.09 bits per heavy atom. The Bertz CT molecular complexity index is 1630. The molecule has 2 aliphatic heterocycles. The van der Waals surface area contributed by atoms with E-state index in [1.54, 1.807) is 9.80 Å². The van der Waals surface area contributed by atoms with Gasteiger partial charge in [0, 0.05) is 23.4 Å². The van der Waals surface area contributed by atoms with E-state index in [-0.39, 0.29) is 34.1 Å². The van der Waals surface area contributed by atoms with Gasteiger partial charge < -0.3 is 29.6 Å². The second-order valence-electron chi connectivity index (χ2n) is 11.7. The molecule has 0 bridgehead atoms. The monoisotopic (exact) mass is 677 g/mol. The summed E-state index contributed by atoms with van der Waals surface area (Å²) in [6.07, 6.45) is 2.08. The fourth-order valence-corrected chi connectivity index (χ4v) is 7.68. The first-order valence-electron chi connectivity index (χ1n) is 15.4. The molecule has 0 aliphatic carbocycles. The van der Waals surface area contributed by atoms with Gasteiger partial charge in [-0.25, -0.2) is 0 Å². The molecular formula is C32H38F2N3O7PS. The van der Waals surface area contributed by atoms with E-state index in [0.29, 0.717) is 56.6 Å². The number of benzene rings is 2. The van der Waals surface area contributed by atoms with Crippen molar-refractivity contribution in [2.75, 3.05) is 26.2 Å². The van der Waals surface area contributed by atoms with E-state index in [4.69, 9.17) is 14.5 Å². The lowest BCUT2D eigenvalue weighted by atomic mass is 9.92. The zero-order valence-electron chi connectivity index (χ0n) is 25.6. The maximum Gasteiger partial charge on any atom is 0.399 e. The van der Waals surface area contributed by atoms with Gasteiger partial charge in [0.1, 0.15) is 18.2 Å². The SMILES string of the molecule is CCC(CC)[C@H](NC(=O)c1cc2cc(C(F)(F)P(=O)(O)O)ccc2s1)C(=O)N1CCC[C@H]1C(=O)N1CCO[C@@H](c2ccccc2)C1. The number of thiophene rings is 1. The van der Waals surface area contributed by atoms with Crippen LogP contribution in [-0.2, 0) is 24.6 Å². The molecule has 3 aromatic rings. The predicted molar refractivity (Wildman–Crippen MR) is 170 cm³/mol. The molecule has 0 saturated carbocycles. The number of nitrogens with zero attached hydrogens (tertiary/aromatic N) is 2. The maximum absolute atomic E-state index is 14.3. The number of fused-ring (bicyclic) bond motifs is 1. The first-order valence-corrected chi connectivity index (χ1v) is 17.8. The minimum absolute atomic E-state index is 0.142. The van der Waals surface area contributed by atoms with Crippen LogP contribution in [0.25, 0.3) is 10.1 Å². The molecule has 248 valence electrons. The van der Waals surface area contributed by atoms with Crippen molar-refractivity contribution < 1.29 is 42.3 Å². The molecule has 2 saturated heterocycles. The summed E-state index contributed by atoms with van der Waals surface area (Å²) in [6, 6.07) is 12.6. The Hall–Kier alpha value is -3.22. The molecule has 1 aromatic heterocycles. The summed E-state index contributed by atoms with van der Waals surface area (Å²) in [4.78, 5) is 63.2. The van der Waals surface area contributed by atoms with Crippen LogP contribution in [0, 0.1) is 5.92 Å². The van der Waals surface area contributed by atoms with Crippen molar-refractivity contribution in [2.24, 2.45) is 5.92 Å². The number of carbonyl (C=O) groups excluding carboxylic acids is 3. The summed E-state index contributed by atoms with van der Waals surface area (Å²) in [6.45, 7) is 5.41. The fraction of sp³-hybridized carbons (Fsp3) is 0.469. The van der Waals surface area contributed by atoms with E-state index in [1.165, 1.54) is 12.1 Å². The third-order valence-corrected chi connectivity index (χ3v) is 11.0. The summed E-state index contributed by atoms with van der Waals surface area (Å²) < 4.78 is 46.4. The highest BCUT2D eigenvalue weighted by atomic mass is 32.1. The molecule has 3 amide bonds. The third kappa shape index (κ3) is 6.89. The van der Waals surface area contributed by atoms with Crippen LogP contribution >= 0.6 is 18.9 Å². The smallest absolute Gasteiger partial charge is 0.370 e. The topological polar surface area (TPSA) is 136 Å². The molecule has 46 heavy (non-hydrogen) atoms. The molecule has 5 rings (SSSR count). The number of rotatable bonds is 10. The van der Waals surface area contributed by atoms with Crippen LogP contribution in [0.3, 0.4) is 0 Å². The minimum atomic E-state index is -5.76. The molecular weight excluding hydrogens is 639 g/mol. The van der Waals surface area contributed by atoms with Gasteiger partial charge in [0.2, 0.25) is 11.8 Å². The molecule has 2 fully saturated rings. The number of halogens is 2. The summed E-state index contributed by atoms with van der Waals surface area (Å²) in [5.41, 5.74) is -4.27. The van der Waals surface area contributed by atoms with Crippen LogP contribution in [0.2, 0.25) is 0 Å². The lowest BCUT2D eigenvalue weighted by molar-refractivity contribution is -0.150. The molecule has 0 unspecified atom stereocenters. The van der Waals surface area contributed by atoms with Crippen molar-refractivity contribution in [1.82, 2.24) is 15.1 Å². The molecule has 3 heterocycles. The Kier molecular flexibility index (Phi) is 10.3. The Balaban J connectivity index is 1.34. The average molecular weight is 678 g/mol. The number of ether oxygens (including phenoxy) is 1. The molecule has 14 heteroatoms. The number of likely N-dealkylation sites (tertiary alicyclic amines) is 1. The Morgan fingerprint density at radius 2 is 1.80 bits per heavy atom. The standard InChI is InChI=1S/C32H38F2N3O7PS/c1-3-20(4-2)28(35-29(38)27-18-22-17-23(12-13-26(22)46-27)32(33,34)45(41,42)43)31(40)37-14-8-11-24(37)30(39)36-15-16-44-25(19-36)21-9-6-5-7-10-21/h5-7,9-10,12-13,17-18,20,24-25,28H,3-4,8,11,14-16,19H2,1-2H3,(H,35,38)(H2,41,42,43)/t24-,25+,28-/m0/s1. The van der Waals surface area contributed by atoms with Crippen LogP contribution in [-0.4, -0.2) is 75.6 Å². The third-order valence-electron chi connectivity index (χ3n) is 8.90. The molecule has 2 aliphatic rings. The number of alkyl halides is 2. The number of morpholine rings is 1. The van der Waals surface area contributed by atoms with Crippen LogP contribution in [0.5, 0.6) is 0 Å². The van der Waals surface area contributed by atoms with Crippen molar-refractivity contribution in [2.45, 2.75) is 63.4 Å². The van der Waals surface area contributed by atoms with Gasteiger partial charge in [-0.1, -0.05) is 63.1 Å². The lowest BCUT2D eigenvalue weighted by Gasteiger charge is -2.37. The average Bonchev–Trinajstić information content (AvgIpc) is 3.72. The molecule has 0 spiro atoms. The Morgan fingerprint density at radius 3 is 2.48 bits per heavy atom. The van der Waals surface area contributed by atoms with Crippen molar-refractivity contribution >= 4 is 46.7 Å². The summed E-state index contributed by atoms with van der Waals surface area (Å²) in [5, 5.41) is 3.09. The summed E-state index contributed by atoms with van der Waals surface area (Å²) in [5.74, 6) is -1.27. The number of hydrogen-bond acceptors (Lipinski definition) is 6. The molecule has 2 aromatic carbocycles. The van der Waals surface area contributed by atoms with Crippen molar-refractivity contribution in [1.29, 1.82) is 0 Å². The summed E-state index contributed by atoms with van der Waals surface area (Å²) in [7, 11) is -5.76. The second kappa shape index (κ2) is 13.9. The van der Waals surface area contributed by atoms with Gasteiger partial charge in [0.15, 0.2) is 0 Å². The lowest BCUT2D eigenvalue weighted by Crippen LogP contribution is -2.57. The van der Waals surface area contributed by atoms with E-state index < -0.39 is 36.8 Å². The molecule has 3 N–H and O–H groups in total. The van der Waals surface area contributed by atoms with Crippen molar-refractivity contribution in [3.05, 3.63) is 70.6 Å². The van der Waals surface area contributed by atoms with E-state index in [0.717, 1.165) is 29.0 Å². The normalized spacial score (nSPS) is 19.9. The minimum Gasteiger partial charge on any atom is -0.370 e. The maximum atomic E-state index is 14.3. The van der Waals surface area contributed by atoms with Gasteiger partial charge in [-0.2, -0.15) is 8.78 Å². The highest BCUT2D eigenvalue weighted by molar-refractivity contribution is 7.52. The summed E-state index contributed by atoms with van der Waals surface area (Å²) >= 11 is 1.02. The molecule has 3 atom stereocenters. The first-order chi connectivity index (χ1) is 21.8.